The molecule has 0 bridgehead atoms. The maximum atomic E-state index is 15.3. The summed E-state index contributed by atoms with van der Waals surface area (Å²) < 4.78 is 15.1. The standard InChI is InChI=1S/C27H37FN4S/c1-18-13-23-24(31-16-18)20(11-12-30-23)14-19-9-10-22(28)21(15-19)27(4)17-33(5,6,7,8)26(2,3)25(29)32-27/h9-13,15-16H,14,17H2,1-8H3,(H2,29,32)/t27-/m0/s1. The molecule has 0 fully saturated rings. The first-order valence-corrected chi connectivity index (χ1v) is 15.6. The Morgan fingerprint density at radius 3 is 2.39 bits per heavy atom. The molecule has 2 N–H and O–H groups in total. The maximum absolute atomic E-state index is 15.3. The van der Waals surface area contributed by atoms with Gasteiger partial charge < -0.3 is 5.73 Å². The van der Waals surface area contributed by atoms with Crippen molar-refractivity contribution >= 4 is 25.2 Å². The number of aryl methyl sites for hydroxylation is 1. The van der Waals surface area contributed by atoms with Crippen molar-refractivity contribution in [3.05, 3.63) is 70.8 Å². The lowest BCUT2D eigenvalue weighted by molar-refractivity contribution is 0.494. The summed E-state index contributed by atoms with van der Waals surface area (Å²) in [6.45, 7) is 8.41. The van der Waals surface area contributed by atoms with Gasteiger partial charge >= 0.3 is 0 Å². The fourth-order valence-electron chi connectivity index (χ4n) is 5.15. The van der Waals surface area contributed by atoms with Crippen molar-refractivity contribution < 1.29 is 4.39 Å². The van der Waals surface area contributed by atoms with Gasteiger partial charge in [-0.05, 0) is 99.8 Å². The molecule has 0 unspecified atom stereocenters. The lowest BCUT2D eigenvalue weighted by Gasteiger charge is -2.81. The fourth-order valence-corrected chi connectivity index (χ4v) is 9.29. The topological polar surface area (TPSA) is 64.2 Å². The molecule has 6 heteroatoms. The molecule has 178 valence electrons. The molecular formula is C27H37FN4S. The smallest absolute Gasteiger partial charge is 0.128 e. The summed E-state index contributed by atoms with van der Waals surface area (Å²) in [5.41, 5.74) is 11.4. The van der Waals surface area contributed by atoms with Crippen LogP contribution >= 0.6 is 8.29 Å². The van der Waals surface area contributed by atoms with Gasteiger partial charge in [0.25, 0.3) is 0 Å². The highest BCUT2D eigenvalue weighted by Gasteiger charge is 2.63. The van der Waals surface area contributed by atoms with Crippen LogP contribution in [0.4, 0.5) is 4.39 Å². The zero-order chi connectivity index (χ0) is 24.5. The van der Waals surface area contributed by atoms with Crippen LogP contribution in [-0.4, -0.2) is 51.3 Å². The largest absolute Gasteiger partial charge is 0.386 e. The molecule has 3 heterocycles. The van der Waals surface area contributed by atoms with E-state index in [2.05, 4.69) is 48.8 Å². The second-order valence-corrected chi connectivity index (χ2v) is 23.3. The van der Waals surface area contributed by atoms with Crippen LogP contribution in [0.5, 0.6) is 0 Å². The number of nitrogens with two attached hydrogens (primary N) is 1. The van der Waals surface area contributed by atoms with E-state index in [0.29, 0.717) is 17.8 Å². The van der Waals surface area contributed by atoms with E-state index in [0.717, 1.165) is 33.5 Å². The highest BCUT2D eigenvalue weighted by atomic mass is 32.4. The van der Waals surface area contributed by atoms with Gasteiger partial charge in [0.1, 0.15) is 11.7 Å². The average molecular weight is 469 g/mol. The Kier molecular flexibility index (Phi) is 4.71. The van der Waals surface area contributed by atoms with Crippen LogP contribution in [0.1, 0.15) is 43.0 Å². The summed E-state index contributed by atoms with van der Waals surface area (Å²) in [6, 6.07) is 9.42. The van der Waals surface area contributed by atoms with Gasteiger partial charge in [0.15, 0.2) is 0 Å². The monoisotopic (exact) mass is 468 g/mol. The van der Waals surface area contributed by atoms with E-state index in [1.165, 1.54) is 0 Å². The molecular weight excluding hydrogens is 431 g/mol. The third kappa shape index (κ3) is 3.72. The SMILES string of the molecule is Cc1cnc2c(Cc3ccc(F)c([C@]4(C)CS(C)(C)(C)(C)C(C)(C)C(N)=N4)c3)ccnc2c1. The molecule has 3 aromatic rings. The zero-order valence-electron chi connectivity index (χ0n) is 21.2. The van der Waals surface area contributed by atoms with E-state index in [-0.39, 0.29) is 10.6 Å². The lowest BCUT2D eigenvalue weighted by atomic mass is 9.90. The van der Waals surface area contributed by atoms with Gasteiger partial charge in [-0.3, -0.25) is 23.3 Å². The molecule has 0 saturated carbocycles. The second-order valence-electron chi connectivity index (χ2n) is 12.8. The van der Waals surface area contributed by atoms with Gasteiger partial charge in [0.2, 0.25) is 0 Å². The van der Waals surface area contributed by atoms with Gasteiger partial charge in [0.05, 0.1) is 16.6 Å². The molecule has 0 saturated heterocycles. The molecule has 4 rings (SSSR count). The summed E-state index contributed by atoms with van der Waals surface area (Å²) >= 11 is 0. The van der Waals surface area contributed by atoms with Crippen molar-refractivity contribution in [2.45, 2.75) is 44.4 Å². The van der Waals surface area contributed by atoms with Crippen LogP contribution in [0.25, 0.3) is 11.0 Å². The molecule has 33 heavy (non-hydrogen) atoms. The predicted octanol–water partition coefficient (Wildman–Crippen LogP) is 5.43. The van der Waals surface area contributed by atoms with Gasteiger partial charge in [-0.15, -0.1) is 0 Å². The summed E-state index contributed by atoms with van der Waals surface area (Å²) in [7, 11) is -2.74. The van der Waals surface area contributed by atoms with Crippen molar-refractivity contribution in [2.75, 3.05) is 30.8 Å². The molecule has 0 spiro atoms. The molecule has 0 radical (unpaired) electrons. The third-order valence-electron chi connectivity index (χ3n) is 8.12. The fraction of sp³-hybridized carbons (Fsp3) is 0.444. The Morgan fingerprint density at radius 1 is 1.03 bits per heavy atom. The van der Waals surface area contributed by atoms with Crippen LogP contribution < -0.4 is 5.73 Å². The quantitative estimate of drug-likeness (QED) is 0.558. The van der Waals surface area contributed by atoms with E-state index in [9.17, 15) is 0 Å². The van der Waals surface area contributed by atoms with Crippen LogP contribution in [0.3, 0.4) is 0 Å². The average Bonchev–Trinajstić information content (AvgIpc) is 2.66. The van der Waals surface area contributed by atoms with Gasteiger partial charge in [-0.2, -0.15) is 0 Å². The number of aromatic nitrogens is 2. The van der Waals surface area contributed by atoms with Gasteiger partial charge in [-0.1, -0.05) is 12.1 Å². The first-order chi connectivity index (χ1) is 14.9. The molecule has 2 aromatic heterocycles. The van der Waals surface area contributed by atoms with E-state index >= 15 is 4.39 Å². The first-order valence-electron chi connectivity index (χ1n) is 11.3. The number of hydrogen-bond acceptors (Lipinski definition) is 4. The number of rotatable bonds is 3. The molecule has 1 aromatic carbocycles. The van der Waals surface area contributed by atoms with Crippen LogP contribution in [-0.2, 0) is 12.0 Å². The highest BCUT2D eigenvalue weighted by molar-refractivity contribution is 8.64. The number of hydrogen-bond donors (Lipinski definition) is 1. The first kappa shape index (κ1) is 23.7. The Morgan fingerprint density at radius 2 is 1.73 bits per heavy atom. The van der Waals surface area contributed by atoms with Crippen molar-refractivity contribution in [1.29, 1.82) is 0 Å². The molecule has 1 aliphatic rings. The molecule has 1 aliphatic heterocycles. The van der Waals surface area contributed by atoms with Gasteiger partial charge in [0, 0.05) is 22.7 Å². The van der Waals surface area contributed by atoms with Crippen LogP contribution in [0.2, 0.25) is 0 Å². The summed E-state index contributed by atoms with van der Waals surface area (Å²) in [5, 5.41) is 0. The van der Waals surface area contributed by atoms with Crippen molar-refractivity contribution in [3.8, 4) is 0 Å². The van der Waals surface area contributed by atoms with Crippen molar-refractivity contribution in [1.82, 2.24) is 9.97 Å². The number of amidine groups is 1. The summed E-state index contributed by atoms with van der Waals surface area (Å²) in [5.74, 6) is 1.14. The third-order valence-corrected chi connectivity index (χ3v) is 15.0. The van der Waals surface area contributed by atoms with Crippen LogP contribution in [0, 0.1) is 12.7 Å². The maximum Gasteiger partial charge on any atom is 0.128 e. The minimum absolute atomic E-state index is 0.237. The van der Waals surface area contributed by atoms with E-state index in [1.807, 2.05) is 50.5 Å². The Bertz CT molecular complexity index is 1320. The Balaban J connectivity index is 1.82. The number of benzene rings is 1. The summed E-state index contributed by atoms with van der Waals surface area (Å²) in [6.07, 6.45) is 13.7. The minimum atomic E-state index is -2.74. The summed E-state index contributed by atoms with van der Waals surface area (Å²) in [4.78, 5) is 14.0. The minimum Gasteiger partial charge on any atom is -0.386 e. The Hall–Kier alpha value is -2.47. The second kappa shape index (κ2) is 6.56. The van der Waals surface area contributed by atoms with Crippen molar-refractivity contribution in [3.63, 3.8) is 0 Å². The molecule has 1 atom stereocenters. The normalized spacial score (nSPS) is 27.0. The highest BCUT2D eigenvalue weighted by Crippen LogP contribution is 2.88. The number of pyridine rings is 2. The van der Waals surface area contributed by atoms with E-state index in [4.69, 9.17) is 10.7 Å². The molecule has 4 nitrogen and oxygen atoms in total. The lowest BCUT2D eigenvalue weighted by Crippen LogP contribution is -2.65. The van der Waals surface area contributed by atoms with Gasteiger partial charge in [-0.25, -0.2) is 4.39 Å². The van der Waals surface area contributed by atoms with Crippen molar-refractivity contribution in [2.24, 2.45) is 10.7 Å². The Labute approximate surface area is 196 Å². The number of fused-ring (bicyclic) bond motifs is 1. The predicted molar refractivity (Wildman–Crippen MR) is 143 cm³/mol. The molecule has 0 aliphatic carbocycles. The van der Waals surface area contributed by atoms with E-state index in [1.54, 1.807) is 6.07 Å². The number of halogens is 1. The van der Waals surface area contributed by atoms with E-state index < -0.39 is 13.8 Å². The van der Waals surface area contributed by atoms with Crippen LogP contribution in [0.15, 0.2) is 47.7 Å². The number of aliphatic imine (C=N–C) groups is 1. The molecule has 0 amide bonds. The number of nitrogens with zero attached hydrogens (tertiary/aromatic N) is 3. The zero-order valence-corrected chi connectivity index (χ0v) is 22.0.